The third kappa shape index (κ3) is 3.21. The van der Waals surface area contributed by atoms with Crippen molar-refractivity contribution in [3.05, 3.63) is 17.5 Å². The molecular weight excluding hydrogens is 276 g/mol. The molecule has 0 saturated carbocycles. The minimum atomic E-state index is 0.110. The first-order chi connectivity index (χ1) is 10.4. The first-order valence-corrected chi connectivity index (χ1v) is 8.45. The maximum absolute atomic E-state index is 5.58. The van der Waals surface area contributed by atoms with E-state index < -0.39 is 0 Å². The summed E-state index contributed by atoms with van der Waals surface area (Å²) in [5.41, 5.74) is 2.80. The van der Waals surface area contributed by atoms with Crippen molar-refractivity contribution < 1.29 is 4.74 Å². The van der Waals surface area contributed by atoms with Crippen molar-refractivity contribution >= 4 is 0 Å². The lowest BCUT2D eigenvalue weighted by Gasteiger charge is -2.51. The number of hydrogen-bond donors (Lipinski definition) is 1. The lowest BCUT2D eigenvalue weighted by molar-refractivity contribution is -0.0627. The van der Waals surface area contributed by atoms with E-state index in [9.17, 15) is 0 Å². The molecule has 1 N–H and O–H groups in total. The van der Waals surface area contributed by atoms with Gasteiger partial charge < -0.3 is 4.74 Å². The van der Waals surface area contributed by atoms with Crippen molar-refractivity contribution in [1.29, 1.82) is 0 Å². The molecule has 2 aliphatic heterocycles. The predicted molar refractivity (Wildman–Crippen MR) is 88.0 cm³/mol. The molecule has 0 aliphatic carbocycles. The minimum Gasteiger partial charge on any atom is -0.381 e. The van der Waals surface area contributed by atoms with Crippen molar-refractivity contribution in [2.45, 2.75) is 51.1 Å². The molecular formula is C17H30N4O. The molecule has 3 rings (SSSR count). The summed E-state index contributed by atoms with van der Waals surface area (Å²) in [6, 6.07) is 2.23. The van der Waals surface area contributed by atoms with Gasteiger partial charge in [0, 0.05) is 56.0 Å². The van der Waals surface area contributed by atoms with Gasteiger partial charge in [0.05, 0.1) is 5.69 Å². The van der Waals surface area contributed by atoms with E-state index in [1.165, 1.54) is 5.69 Å². The maximum Gasteiger partial charge on any atom is 0.0678 e. The second kappa shape index (κ2) is 5.95. The largest absolute Gasteiger partial charge is 0.381 e. The smallest absolute Gasteiger partial charge is 0.0678 e. The summed E-state index contributed by atoms with van der Waals surface area (Å²) in [6.07, 6.45) is 2.30. The topological polar surface area (TPSA) is 44.4 Å². The van der Waals surface area contributed by atoms with Gasteiger partial charge in [-0.1, -0.05) is 20.8 Å². The fourth-order valence-electron chi connectivity index (χ4n) is 3.64. The zero-order chi connectivity index (χ0) is 15.8. The second-order valence-corrected chi connectivity index (χ2v) is 8.00. The van der Waals surface area contributed by atoms with Gasteiger partial charge in [-0.2, -0.15) is 5.10 Å². The van der Waals surface area contributed by atoms with E-state index in [2.05, 4.69) is 53.9 Å². The SMILES string of the molecule is CN1CCN(Cc2cc(C(C)(C)C)n[nH]2)CC12CCOCC2. The van der Waals surface area contributed by atoms with Gasteiger partial charge in [0.1, 0.15) is 0 Å². The standard InChI is InChI=1S/C17H30N4O/c1-16(2,3)15-11-14(18-19-15)12-21-8-7-20(4)17(13-21)5-9-22-10-6-17/h11H,5-10,12-13H2,1-4H3,(H,18,19). The van der Waals surface area contributed by atoms with Crippen LogP contribution < -0.4 is 0 Å². The van der Waals surface area contributed by atoms with Gasteiger partial charge in [-0.25, -0.2) is 0 Å². The number of likely N-dealkylation sites (N-methyl/N-ethyl adjacent to an activating group) is 1. The molecule has 2 aliphatic rings. The van der Waals surface area contributed by atoms with Gasteiger partial charge in [0.2, 0.25) is 0 Å². The van der Waals surface area contributed by atoms with Crippen LogP contribution in [-0.4, -0.2) is 65.4 Å². The molecule has 0 atom stereocenters. The number of aromatic amines is 1. The summed E-state index contributed by atoms with van der Waals surface area (Å²) in [5.74, 6) is 0. The number of rotatable bonds is 2. The van der Waals surface area contributed by atoms with Crippen molar-refractivity contribution in [3.8, 4) is 0 Å². The molecule has 2 fully saturated rings. The number of H-pyrrole nitrogens is 1. The Hall–Kier alpha value is -0.910. The van der Waals surface area contributed by atoms with Gasteiger partial charge in [-0.05, 0) is 26.0 Å². The van der Waals surface area contributed by atoms with Gasteiger partial charge in [0.25, 0.3) is 0 Å². The number of nitrogens with zero attached hydrogens (tertiary/aromatic N) is 3. The van der Waals surface area contributed by atoms with Gasteiger partial charge in [-0.15, -0.1) is 0 Å². The van der Waals surface area contributed by atoms with Crippen LogP contribution in [0.1, 0.15) is 45.0 Å². The Labute approximate surface area is 134 Å². The van der Waals surface area contributed by atoms with E-state index >= 15 is 0 Å². The molecule has 5 heteroatoms. The predicted octanol–water partition coefficient (Wildman–Crippen LogP) is 2.00. The van der Waals surface area contributed by atoms with E-state index in [1.54, 1.807) is 0 Å². The molecule has 5 nitrogen and oxygen atoms in total. The van der Waals surface area contributed by atoms with Gasteiger partial charge >= 0.3 is 0 Å². The first kappa shape index (κ1) is 16.0. The van der Waals surface area contributed by atoms with E-state index in [4.69, 9.17) is 4.74 Å². The van der Waals surface area contributed by atoms with E-state index in [0.29, 0.717) is 5.54 Å². The highest BCUT2D eigenvalue weighted by Crippen LogP contribution is 2.31. The van der Waals surface area contributed by atoms with Crippen molar-refractivity contribution in [2.75, 3.05) is 39.9 Å². The Kier molecular flexibility index (Phi) is 4.32. The van der Waals surface area contributed by atoms with Crippen LogP contribution in [0.2, 0.25) is 0 Å². The number of aromatic nitrogens is 2. The molecule has 0 unspecified atom stereocenters. The summed E-state index contributed by atoms with van der Waals surface area (Å²) in [6.45, 7) is 12.8. The third-order valence-corrected chi connectivity index (χ3v) is 5.30. The molecule has 0 radical (unpaired) electrons. The Balaban J connectivity index is 1.67. The zero-order valence-corrected chi connectivity index (χ0v) is 14.5. The lowest BCUT2D eigenvalue weighted by atomic mass is 9.86. The monoisotopic (exact) mass is 306 g/mol. The molecule has 0 aromatic carbocycles. The summed E-state index contributed by atoms with van der Waals surface area (Å²) < 4.78 is 5.58. The summed E-state index contributed by atoms with van der Waals surface area (Å²) in [7, 11) is 2.27. The average Bonchev–Trinajstić information content (AvgIpc) is 2.93. The van der Waals surface area contributed by atoms with Gasteiger partial charge in [0.15, 0.2) is 0 Å². The van der Waals surface area contributed by atoms with E-state index in [-0.39, 0.29) is 5.41 Å². The van der Waals surface area contributed by atoms with E-state index in [1.807, 2.05) is 0 Å². The first-order valence-electron chi connectivity index (χ1n) is 8.45. The van der Waals surface area contributed by atoms with Crippen LogP contribution in [-0.2, 0) is 16.7 Å². The van der Waals surface area contributed by atoms with Crippen LogP contribution in [0.5, 0.6) is 0 Å². The maximum atomic E-state index is 5.58. The van der Waals surface area contributed by atoms with E-state index in [0.717, 1.165) is 57.9 Å². The normalized spacial score (nSPS) is 24.0. The van der Waals surface area contributed by atoms with Crippen LogP contribution in [0.25, 0.3) is 0 Å². The van der Waals surface area contributed by atoms with Crippen LogP contribution in [0.15, 0.2) is 6.07 Å². The quantitative estimate of drug-likeness (QED) is 0.908. The number of ether oxygens (including phenoxy) is 1. The third-order valence-electron chi connectivity index (χ3n) is 5.30. The fourth-order valence-corrected chi connectivity index (χ4v) is 3.64. The Morgan fingerprint density at radius 3 is 2.64 bits per heavy atom. The fraction of sp³-hybridized carbons (Fsp3) is 0.824. The molecule has 0 bridgehead atoms. The van der Waals surface area contributed by atoms with Gasteiger partial charge in [-0.3, -0.25) is 14.9 Å². The molecule has 1 aromatic heterocycles. The Morgan fingerprint density at radius 2 is 2.00 bits per heavy atom. The minimum absolute atomic E-state index is 0.110. The molecule has 1 aromatic rings. The van der Waals surface area contributed by atoms with Crippen molar-refractivity contribution in [2.24, 2.45) is 0 Å². The summed E-state index contributed by atoms with van der Waals surface area (Å²) >= 11 is 0. The van der Waals surface area contributed by atoms with Crippen LogP contribution in [0.4, 0.5) is 0 Å². The van der Waals surface area contributed by atoms with Crippen LogP contribution in [0, 0.1) is 0 Å². The Bertz CT molecular complexity index is 499. The molecule has 22 heavy (non-hydrogen) atoms. The summed E-state index contributed by atoms with van der Waals surface area (Å²) in [5, 5.41) is 7.72. The molecule has 0 amide bonds. The highest BCUT2D eigenvalue weighted by Gasteiger charge is 2.40. The highest BCUT2D eigenvalue weighted by atomic mass is 16.5. The van der Waals surface area contributed by atoms with Crippen LogP contribution in [0.3, 0.4) is 0 Å². The average molecular weight is 306 g/mol. The molecule has 124 valence electrons. The number of nitrogens with one attached hydrogen (secondary N) is 1. The number of hydrogen-bond acceptors (Lipinski definition) is 4. The van der Waals surface area contributed by atoms with Crippen molar-refractivity contribution in [3.63, 3.8) is 0 Å². The second-order valence-electron chi connectivity index (χ2n) is 8.00. The highest BCUT2D eigenvalue weighted by molar-refractivity contribution is 5.16. The molecule has 1 spiro atoms. The summed E-state index contributed by atoms with van der Waals surface area (Å²) in [4.78, 5) is 5.13. The number of piperazine rings is 1. The lowest BCUT2D eigenvalue weighted by Crippen LogP contribution is -2.62. The van der Waals surface area contributed by atoms with Crippen LogP contribution >= 0.6 is 0 Å². The van der Waals surface area contributed by atoms with Crippen molar-refractivity contribution in [1.82, 2.24) is 20.0 Å². The molecule has 2 saturated heterocycles. The zero-order valence-electron chi connectivity index (χ0n) is 14.5. The Morgan fingerprint density at radius 1 is 1.27 bits per heavy atom. The molecule has 3 heterocycles.